The predicted octanol–water partition coefficient (Wildman–Crippen LogP) is -0.214. The molecule has 3 N–H and O–H groups in total. The van der Waals surface area contributed by atoms with Crippen molar-refractivity contribution in [3.05, 3.63) is 0 Å². The van der Waals surface area contributed by atoms with Gasteiger partial charge in [0.15, 0.2) is 0 Å². The van der Waals surface area contributed by atoms with Gasteiger partial charge in [0.05, 0.1) is 37.8 Å². The Labute approximate surface area is 111 Å². The maximum absolute atomic E-state index is 12.1. The number of rotatable bonds is 4. The molecule has 2 aliphatic rings. The van der Waals surface area contributed by atoms with Gasteiger partial charge in [0.25, 0.3) is 0 Å². The number of ether oxygens (including phenoxy) is 1. The summed E-state index contributed by atoms with van der Waals surface area (Å²) in [6, 6.07) is -0.261. The van der Waals surface area contributed by atoms with Crippen LogP contribution in [0.5, 0.6) is 0 Å². The molecule has 0 bridgehead atoms. The van der Waals surface area contributed by atoms with Crippen LogP contribution in [0, 0.1) is 0 Å². The van der Waals surface area contributed by atoms with Gasteiger partial charge in [-0.25, -0.2) is 4.79 Å². The number of nitrogens with one attached hydrogen (secondary N) is 1. The number of aliphatic hydroxyl groups excluding tert-OH is 1. The first-order valence-corrected chi connectivity index (χ1v) is 6.56. The average Bonchev–Trinajstić information content (AvgIpc) is 2.35. The van der Waals surface area contributed by atoms with Gasteiger partial charge in [-0.3, -0.25) is 4.79 Å². The SMILES string of the molecule is O=C(O)CC1(NC(=O)N2CCOC(CO)C2)CCC1. The third-order valence-corrected chi connectivity index (χ3v) is 3.80. The third kappa shape index (κ3) is 3.36. The minimum absolute atomic E-state index is 0.0352. The van der Waals surface area contributed by atoms with Crippen LogP contribution in [0.25, 0.3) is 0 Å². The Morgan fingerprint density at radius 1 is 1.42 bits per heavy atom. The molecule has 0 aromatic carbocycles. The van der Waals surface area contributed by atoms with E-state index in [2.05, 4.69) is 5.32 Å². The van der Waals surface area contributed by atoms with Crippen molar-refractivity contribution in [3.63, 3.8) is 0 Å². The zero-order valence-electron chi connectivity index (χ0n) is 10.8. The van der Waals surface area contributed by atoms with Crippen LogP contribution in [-0.2, 0) is 9.53 Å². The molecular weight excluding hydrogens is 252 g/mol. The highest BCUT2D eigenvalue weighted by molar-refractivity contribution is 5.77. The van der Waals surface area contributed by atoms with Crippen molar-refractivity contribution in [1.29, 1.82) is 0 Å². The van der Waals surface area contributed by atoms with E-state index in [9.17, 15) is 9.59 Å². The lowest BCUT2D eigenvalue weighted by Crippen LogP contribution is -2.60. The number of aliphatic hydroxyl groups is 1. The molecule has 0 radical (unpaired) electrons. The number of urea groups is 1. The van der Waals surface area contributed by atoms with E-state index in [1.807, 2.05) is 0 Å². The minimum Gasteiger partial charge on any atom is -0.481 e. The first-order chi connectivity index (χ1) is 9.04. The molecule has 108 valence electrons. The highest BCUT2D eigenvalue weighted by atomic mass is 16.5. The zero-order valence-corrected chi connectivity index (χ0v) is 10.8. The quantitative estimate of drug-likeness (QED) is 0.657. The molecule has 2 fully saturated rings. The second kappa shape index (κ2) is 5.75. The van der Waals surface area contributed by atoms with E-state index in [-0.39, 0.29) is 25.2 Å². The second-order valence-electron chi connectivity index (χ2n) is 5.26. The van der Waals surface area contributed by atoms with Crippen molar-refractivity contribution >= 4 is 12.0 Å². The molecule has 0 aromatic rings. The Bertz CT molecular complexity index is 356. The second-order valence-corrected chi connectivity index (χ2v) is 5.26. The lowest BCUT2D eigenvalue weighted by atomic mass is 9.74. The summed E-state index contributed by atoms with van der Waals surface area (Å²) in [5, 5.41) is 20.8. The molecule has 0 spiro atoms. The molecule has 2 rings (SSSR count). The van der Waals surface area contributed by atoms with Gasteiger partial charge in [0, 0.05) is 6.54 Å². The number of morpholine rings is 1. The number of aliphatic carboxylic acids is 1. The number of hydrogen-bond donors (Lipinski definition) is 3. The van der Waals surface area contributed by atoms with Crippen LogP contribution in [0.3, 0.4) is 0 Å². The lowest BCUT2D eigenvalue weighted by molar-refractivity contribution is -0.139. The van der Waals surface area contributed by atoms with Crippen LogP contribution in [0.4, 0.5) is 4.79 Å². The maximum atomic E-state index is 12.1. The van der Waals surface area contributed by atoms with Crippen molar-refractivity contribution in [2.45, 2.75) is 37.3 Å². The molecule has 1 aliphatic heterocycles. The van der Waals surface area contributed by atoms with Gasteiger partial charge in [-0.05, 0) is 19.3 Å². The van der Waals surface area contributed by atoms with E-state index in [0.29, 0.717) is 32.5 Å². The van der Waals surface area contributed by atoms with Gasteiger partial charge in [-0.15, -0.1) is 0 Å². The molecule has 7 nitrogen and oxygen atoms in total. The monoisotopic (exact) mass is 272 g/mol. The summed E-state index contributed by atoms with van der Waals surface area (Å²) in [6.07, 6.45) is 1.97. The fraction of sp³-hybridized carbons (Fsp3) is 0.833. The first kappa shape index (κ1) is 14.1. The fourth-order valence-electron chi connectivity index (χ4n) is 2.56. The smallest absolute Gasteiger partial charge is 0.318 e. The van der Waals surface area contributed by atoms with Crippen molar-refractivity contribution in [2.24, 2.45) is 0 Å². The van der Waals surface area contributed by atoms with E-state index in [1.165, 1.54) is 0 Å². The average molecular weight is 272 g/mol. The summed E-state index contributed by atoms with van der Waals surface area (Å²) >= 11 is 0. The summed E-state index contributed by atoms with van der Waals surface area (Å²) < 4.78 is 5.28. The van der Waals surface area contributed by atoms with Crippen LogP contribution in [0.2, 0.25) is 0 Å². The summed E-state index contributed by atoms with van der Waals surface area (Å²) in [7, 11) is 0. The van der Waals surface area contributed by atoms with E-state index in [4.69, 9.17) is 14.9 Å². The summed E-state index contributed by atoms with van der Waals surface area (Å²) in [5.41, 5.74) is -0.587. The number of carboxylic acid groups (broad SMARTS) is 1. The van der Waals surface area contributed by atoms with Gasteiger partial charge in [-0.2, -0.15) is 0 Å². The lowest BCUT2D eigenvalue weighted by Gasteiger charge is -2.43. The molecule has 7 heteroatoms. The molecule has 1 aliphatic carbocycles. The summed E-state index contributed by atoms with van der Waals surface area (Å²) in [4.78, 5) is 24.6. The molecule has 1 unspecified atom stereocenters. The fourth-order valence-corrected chi connectivity index (χ4v) is 2.56. The normalized spacial score (nSPS) is 25.5. The van der Waals surface area contributed by atoms with Crippen LogP contribution in [-0.4, -0.2) is 65.1 Å². The zero-order chi connectivity index (χ0) is 13.9. The first-order valence-electron chi connectivity index (χ1n) is 6.56. The third-order valence-electron chi connectivity index (χ3n) is 3.80. The topological polar surface area (TPSA) is 99.1 Å². The Hall–Kier alpha value is -1.34. The van der Waals surface area contributed by atoms with Crippen LogP contribution in [0.15, 0.2) is 0 Å². The molecule has 1 saturated carbocycles. The number of nitrogens with zero attached hydrogens (tertiary/aromatic N) is 1. The number of carbonyl (C=O) groups excluding carboxylic acids is 1. The van der Waals surface area contributed by atoms with E-state index in [1.54, 1.807) is 4.90 Å². The van der Waals surface area contributed by atoms with Crippen molar-refractivity contribution in [1.82, 2.24) is 10.2 Å². The molecule has 19 heavy (non-hydrogen) atoms. The molecule has 0 aromatic heterocycles. The van der Waals surface area contributed by atoms with Crippen molar-refractivity contribution in [3.8, 4) is 0 Å². The van der Waals surface area contributed by atoms with Gasteiger partial charge in [0.2, 0.25) is 0 Å². The Balaban J connectivity index is 1.90. The van der Waals surface area contributed by atoms with Gasteiger partial charge >= 0.3 is 12.0 Å². The number of amides is 2. The summed E-state index contributed by atoms with van der Waals surface area (Å²) in [6.45, 7) is 1.07. The predicted molar refractivity (Wildman–Crippen MR) is 65.8 cm³/mol. The molecule has 2 amide bonds. The molecular formula is C12H20N2O5. The van der Waals surface area contributed by atoms with E-state index < -0.39 is 11.5 Å². The van der Waals surface area contributed by atoms with E-state index >= 15 is 0 Å². The molecule has 1 heterocycles. The van der Waals surface area contributed by atoms with Crippen molar-refractivity contribution < 1.29 is 24.5 Å². The van der Waals surface area contributed by atoms with Gasteiger partial charge < -0.3 is 25.2 Å². The van der Waals surface area contributed by atoms with Crippen LogP contribution < -0.4 is 5.32 Å². The van der Waals surface area contributed by atoms with Crippen molar-refractivity contribution in [2.75, 3.05) is 26.3 Å². The number of hydrogen-bond acceptors (Lipinski definition) is 4. The van der Waals surface area contributed by atoms with Crippen LogP contribution >= 0.6 is 0 Å². The highest BCUT2D eigenvalue weighted by Gasteiger charge is 2.41. The van der Waals surface area contributed by atoms with Gasteiger partial charge in [-0.1, -0.05) is 0 Å². The Morgan fingerprint density at radius 2 is 2.16 bits per heavy atom. The van der Waals surface area contributed by atoms with Crippen LogP contribution in [0.1, 0.15) is 25.7 Å². The number of carboxylic acids is 1. The Kier molecular flexibility index (Phi) is 4.26. The Morgan fingerprint density at radius 3 is 2.68 bits per heavy atom. The summed E-state index contributed by atoms with van der Waals surface area (Å²) in [5.74, 6) is -0.893. The van der Waals surface area contributed by atoms with E-state index in [0.717, 1.165) is 6.42 Å². The maximum Gasteiger partial charge on any atom is 0.318 e. The largest absolute Gasteiger partial charge is 0.481 e. The highest BCUT2D eigenvalue weighted by Crippen LogP contribution is 2.35. The minimum atomic E-state index is -0.893. The molecule has 1 atom stereocenters. The molecule has 1 saturated heterocycles. The number of carbonyl (C=O) groups is 2. The van der Waals surface area contributed by atoms with Gasteiger partial charge in [0.1, 0.15) is 0 Å². The standard InChI is InChI=1S/C12H20N2O5/c15-8-9-7-14(4-5-19-9)11(18)13-12(2-1-3-12)6-10(16)17/h9,15H,1-8H2,(H,13,18)(H,16,17).